The third-order valence-electron chi connectivity index (χ3n) is 5.10. The fourth-order valence-electron chi connectivity index (χ4n) is 3.47. The number of fused-ring (bicyclic) bond motifs is 1. The highest BCUT2D eigenvalue weighted by Gasteiger charge is 2.15. The summed E-state index contributed by atoms with van der Waals surface area (Å²) in [4.78, 5) is 32.6. The number of aromatic amines is 1. The molecule has 2 aromatic carbocycles. The lowest BCUT2D eigenvalue weighted by atomic mass is 10.2. The van der Waals surface area contributed by atoms with Crippen LogP contribution in [-0.4, -0.2) is 25.7 Å². The summed E-state index contributed by atoms with van der Waals surface area (Å²) in [6.45, 7) is 1.69. The maximum absolute atomic E-state index is 12.9. The van der Waals surface area contributed by atoms with Crippen molar-refractivity contribution in [3.05, 3.63) is 107 Å². The van der Waals surface area contributed by atoms with Gasteiger partial charge in [-0.25, -0.2) is 4.98 Å². The highest BCUT2D eigenvalue weighted by molar-refractivity contribution is 6.03. The number of aromatic nitrogens is 4. The van der Waals surface area contributed by atoms with Crippen LogP contribution >= 0.6 is 0 Å². The molecule has 0 spiro atoms. The summed E-state index contributed by atoms with van der Waals surface area (Å²) in [7, 11) is 0. The number of anilines is 1. The van der Waals surface area contributed by atoms with Gasteiger partial charge >= 0.3 is 0 Å². The Balaban J connectivity index is 1.35. The first-order chi connectivity index (χ1) is 16.1. The van der Waals surface area contributed by atoms with Crippen molar-refractivity contribution in [1.29, 1.82) is 0 Å². The number of hydrogen-bond donors (Lipinski definition) is 2. The molecule has 0 saturated carbocycles. The van der Waals surface area contributed by atoms with Crippen LogP contribution in [0.2, 0.25) is 0 Å². The molecular formula is C25H19N5O3. The molecule has 5 rings (SSSR count). The zero-order valence-corrected chi connectivity index (χ0v) is 17.6. The maximum atomic E-state index is 12.9. The van der Waals surface area contributed by atoms with Crippen LogP contribution in [-0.2, 0) is 0 Å². The Morgan fingerprint density at radius 1 is 1.03 bits per heavy atom. The Labute approximate surface area is 188 Å². The SMILES string of the molecule is Cc1cc(=O)n(-c2ccccc2)nc1C(=O)Nc1ccc(Oc2ccnc3[nH]ccc23)cc1. The van der Waals surface area contributed by atoms with Gasteiger partial charge in [0.25, 0.3) is 11.5 Å². The van der Waals surface area contributed by atoms with E-state index in [2.05, 4.69) is 20.4 Å². The molecule has 5 aromatic rings. The van der Waals surface area contributed by atoms with E-state index in [9.17, 15) is 9.59 Å². The number of aryl methyl sites for hydroxylation is 1. The van der Waals surface area contributed by atoms with E-state index in [1.165, 1.54) is 10.7 Å². The van der Waals surface area contributed by atoms with E-state index in [0.717, 1.165) is 11.0 Å². The zero-order valence-electron chi connectivity index (χ0n) is 17.6. The van der Waals surface area contributed by atoms with Gasteiger partial charge in [0.05, 0.1) is 11.1 Å². The van der Waals surface area contributed by atoms with Crippen LogP contribution in [0, 0.1) is 6.92 Å². The molecule has 0 aliphatic heterocycles. The smallest absolute Gasteiger partial charge is 0.276 e. The van der Waals surface area contributed by atoms with Crippen LogP contribution < -0.4 is 15.6 Å². The van der Waals surface area contributed by atoms with Gasteiger partial charge < -0.3 is 15.0 Å². The number of carbonyl (C=O) groups is 1. The van der Waals surface area contributed by atoms with E-state index in [4.69, 9.17) is 4.74 Å². The predicted octanol–water partition coefficient (Wildman–Crippen LogP) is 4.46. The summed E-state index contributed by atoms with van der Waals surface area (Å²) >= 11 is 0. The molecule has 3 aromatic heterocycles. The highest BCUT2D eigenvalue weighted by atomic mass is 16.5. The number of pyridine rings is 1. The lowest BCUT2D eigenvalue weighted by Crippen LogP contribution is -2.26. The number of nitrogens with zero attached hydrogens (tertiary/aromatic N) is 3. The van der Waals surface area contributed by atoms with Crippen molar-refractivity contribution < 1.29 is 9.53 Å². The van der Waals surface area contributed by atoms with E-state index in [0.29, 0.717) is 28.4 Å². The quantitative estimate of drug-likeness (QED) is 0.423. The molecule has 0 aliphatic carbocycles. The molecule has 3 heterocycles. The Kier molecular flexibility index (Phi) is 5.16. The summed E-state index contributed by atoms with van der Waals surface area (Å²) in [5.41, 5.74) is 2.28. The van der Waals surface area contributed by atoms with Crippen LogP contribution in [0.1, 0.15) is 16.1 Å². The molecule has 162 valence electrons. The molecular weight excluding hydrogens is 418 g/mol. The summed E-state index contributed by atoms with van der Waals surface area (Å²) in [6, 6.07) is 21.1. The number of hydrogen-bond acceptors (Lipinski definition) is 5. The van der Waals surface area contributed by atoms with Crippen molar-refractivity contribution >= 4 is 22.6 Å². The topological polar surface area (TPSA) is 102 Å². The Hall–Kier alpha value is -4.72. The minimum Gasteiger partial charge on any atom is -0.457 e. The van der Waals surface area contributed by atoms with Gasteiger partial charge in [-0.1, -0.05) is 18.2 Å². The molecule has 0 atom stereocenters. The number of para-hydroxylation sites is 1. The predicted molar refractivity (Wildman–Crippen MR) is 125 cm³/mol. The van der Waals surface area contributed by atoms with Gasteiger partial charge in [0.2, 0.25) is 0 Å². The summed E-state index contributed by atoms with van der Waals surface area (Å²) in [5, 5.41) is 8.00. The minimum absolute atomic E-state index is 0.172. The second-order valence-corrected chi connectivity index (χ2v) is 7.39. The normalized spacial score (nSPS) is 10.8. The summed E-state index contributed by atoms with van der Waals surface area (Å²) in [6.07, 6.45) is 3.48. The third kappa shape index (κ3) is 4.09. The van der Waals surface area contributed by atoms with Crippen LogP contribution in [0.3, 0.4) is 0 Å². The number of carbonyl (C=O) groups excluding carboxylic acids is 1. The first-order valence-electron chi connectivity index (χ1n) is 10.3. The number of H-pyrrole nitrogens is 1. The second kappa shape index (κ2) is 8.43. The van der Waals surface area contributed by atoms with E-state index in [1.54, 1.807) is 73.9 Å². The Morgan fingerprint density at radius 2 is 1.82 bits per heavy atom. The fourth-order valence-corrected chi connectivity index (χ4v) is 3.47. The molecule has 0 radical (unpaired) electrons. The molecule has 33 heavy (non-hydrogen) atoms. The van der Waals surface area contributed by atoms with E-state index in [-0.39, 0.29) is 11.3 Å². The molecule has 0 bridgehead atoms. The average Bonchev–Trinajstić information content (AvgIpc) is 3.31. The van der Waals surface area contributed by atoms with Crippen LogP contribution in [0.15, 0.2) is 90.0 Å². The van der Waals surface area contributed by atoms with Gasteiger partial charge in [-0.15, -0.1) is 0 Å². The first kappa shape index (κ1) is 20.2. The fraction of sp³-hybridized carbons (Fsp3) is 0.0400. The average molecular weight is 437 g/mol. The highest BCUT2D eigenvalue weighted by Crippen LogP contribution is 2.29. The Bertz CT molecular complexity index is 1510. The van der Waals surface area contributed by atoms with E-state index in [1.807, 2.05) is 12.1 Å². The molecule has 1 amide bonds. The summed E-state index contributed by atoms with van der Waals surface area (Å²) < 4.78 is 7.19. The standard InChI is InChI=1S/C25H19N5O3/c1-16-15-22(31)30(18-5-3-2-4-6-18)29-23(16)25(32)28-17-7-9-19(10-8-17)33-21-12-14-27-24-20(21)11-13-26-24/h2-15H,1H3,(H,26,27)(H,28,32). The number of rotatable bonds is 5. The molecule has 8 nitrogen and oxygen atoms in total. The van der Waals surface area contributed by atoms with Crippen LogP contribution in [0.25, 0.3) is 16.7 Å². The van der Waals surface area contributed by atoms with Crippen molar-refractivity contribution in [2.75, 3.05) is 5.32 Å². The molecule has 2 N–H and O–H groups in total. The van der Waals surface area contributed by atoms with Crippen LogP contribution in [0.4, 0.5) is 5.69 Å². The van der Waals surface area contributed by atoms with Gasteiger partial charge in [-0.3, -0.25) is 9.59 Å². The van der Waals surface area contributed by atoms with Crippen LogP contribution in [0.5, 0.6) is 11.5 Å². The molecule has 0 aliphatic rings. The van der Waals surface area contributed by atoms with E-state index < -0.39 is 5.91 Å². The second-order valence-electron chi connectivity index (χ2n) is 7.39. The number of benzene rings is 2. The molecule has 8 heteroatoms. The molecule has 0 fully saturated rings. The summed E-state index contributed by atoms with van der Waals surface area (Å²) in [5.74, 6) is 0.892. The van der Waals surface area contributed by atoms with Gasteiger partial charge in [0, 0.05) is 24.1 Å². The largest absolute Gasteiger partial charge is 0.457 e. The third-order valence-corrected chi connectivity index (χ3v) is 5.10. The molecule has 0 saturated heterocycles. The maximum Gasteiger partial charge on any atom is 0.276 e. The number of nitrogens with one attached hydrogen (secondary N) is 2. The monoisotopic (exact) mass is 437 g/mol. The zero-order chi connectivity index (χ0) is 22.8. The number of amides is 1. The van der Waals surface area contributed by atoms with Gasteiger partial charge in [0.1, 0.15) is 17.1 Å². The van der Waals surface area contributed by atoms with E-state index >= 15 is 0 Å². The van der Waals surface area contributed by atoms with Gasteiger partial charge in [0.15, 0.2) is 5.69 Å². The lowest BCUT2D eigenvalue weighted by Gasteiger charge is -2.11. The molecule has 0 unspecified atom stereocenters. The Morgan fingerprint density at radius 3 is 2.61 bits per heavy atom. The van der Waals surface area contributed by atoms with Crippen molar-refractivity contribution in [3.8, 4) is 17.2 Å². The van der Waals surface area contributed by atoms with Gasteiger partial charge in [-0.2, -0.15) is 9.78 Å². The van der Waals surface area contributed by atoms with Crippen molar-refractivity contribution in [1.82, 2.24) is 19.7 Å². The number of ether oxygens (including phenoxy) is 1. The minimum atomic E-state index is -0.408. The van der Waals surface area contributed by atoms with Crippen molar-refractivity contribution in [3.63, 3.8) is 0 Å². The van der Waals surface area contributed by atoms with Crippen molar-refractivity contribution in [2.45, 2.75) is 6.92 Å². The van der Waals surface area contributed by atoms with Gasteiger partial charge in [-0.05, 0) is 61.0 Å². The lowest BCUT2D eigenvalue weighted by molar-refractivity contribution is 0.102. The van der Waals surface area contributed by atoms with Crippen molar-refractivity contribution in [2.24, 2.45) is 0 Å². The first-order valence-corrected chi connectivity index (χ1v) is 10.3.